The summed E-state index contributed by atoms with van der Waals surface area (Å²) in [6.07, 6.45) is 0. The summed E-state index contributed by atoms with van der Waals surface area (Å²) in [5.41, 5.74) is 20.0. The van der Waals surface area contributed by atoms with Gasteiger partial charge in [0.05, 0.1) is 0 Å². The lowest BCUT2D eigenvalue weighted by molar-refractivity contribution is 1.25. The van der Waals surface area contributed by atoms with Gasteiger partial charge in [0.1, 0.15) is 0 Å². The fraction of sp³-hybridized carbons (Fsp3) is 0.0435. The molecule has 0 aliphatic rings. The van der Waals surface area contributed by atoms with Crippen molar-refractivity contribution in [3.8, 4) is 44.5 Å². The summed E-state index contributed by atoms with van der Waals surface area (Å²) < 4.78 is 2.67. The molecule has 0 spiro atoms. The van der Waals surface area contributed by atoms with Crippen molar-refractivity contribution < 1.29 is 0 Å². The maximum absolute atomic E-state index is 2.39. The highest BCUT2D eigenvalue weighted by molar-refractivity contribution is 7.26. The van der Waals surface area contributed by atoms with Crippen LogP contribution in [0.15, 0.2) is 273 Å². The van der Waals surface area contributed by atoms with Gasteiger partial charge in [-0.15, -0.1) is 11.3 Å². The van der Waals surface area contributed by atoms with Crippen LogP contribution < -0.4 is 9.80 Å². The van der Waals surface area contributed by atoms with Gasteiger partial charge in [0, 0.05) is 59.9 Å². The van der Waals surface area contributed by atoms with Gasteiger partial charge in [0.2, 0.25) is 0 Å². The fourth-order valence-electron chi connectivity index (χ4n) is 9.82. The second kappa shape index (κ2) is 20.7. The van der Waals surface area contributed by atoms with E-state index in [1.54, 1.807) is 0 Å². The quantitative estimate of drug-likeness (QED) is 0.135. The fourth-order valence-corrected chi connectivity index (χ4v) is 11.1. The normalized spacial score (nSPS) is 11.0. The number of benzene rings is 11. The van der Waals surface area contributed by atoms with Crippen LogP contribution in [-0.4, -0.2) is 0 Å². The minimum atomic E-state index is 1.06. The second-order valence-electron chi connectivity index (χ2n) is 18.3. The van der Waals surface area contributed by atoms with Crippen LogP contribution in [0.25, 0.3) is 64.7 Å². The molecule has 12 aromatic rings. The van der Waals surface area contributed by atoms with Gasteiger partial charge in [0.25, 0.3) is 0 Å². The van der Waals surface area contributed by atoms with Gasteiger partial charge in [0.15, 0.2) is 0 Å². The first-order valence-electron chi connectivity index (χ1n) is 24.7. The van der Waals surface area contributed by atoms with Crippen molar-refractivity contribution in [1.82, 2.24) is 0 Å². The first-order valence-corrected chi connectivity index (χ1v) is 25.5. The zero-order chi connectivity index (χ0) is 48.8. The molecular weight excluding hydrogens is 889 g/mol. The molecular formula is C69H54N2S. The van der Waals surface area contributed by atoms with Crippen molar-refractivity contribution in [2.75, 3.05) is 9.80 Å². The molecule has 0 aliphatic heterocycles. The van der Waals surface area contributed by atoms with E-state index >= 15 is 0 Å². The van der Waals surface area contributed by atoms with Crippen LogP contribution in [0.4, 0.5) is 34.1 Å². The summed E-state index contributed by atoms with van der Waals surface area (Å²) in [5.74, 6) is 0. The van der Waals surface area contributed by atoms with Gasteiger partial charge in [-0.3, -0.25) is 0 Å². The van der Waals surface area contributed by atoms with E-state index in [0.717, 1.165) is 45.3 Å². The van der Waals surface area contributed by atoms with Crippen molar-refractivity contribution in [1.29, 1.82) is 0 Å². The number of para-hydroxylation sites is 2. The number of anilines is 6. The summed E-state index contributed by atoms with van der Waals surface area (Å²) >= 11 is 1.90. The molecule has 0 amide bonds. The zero-order valence-corrected chi connectivity index (χ0v) is 41.6. The largest absolute Gasteiger partial charge is 0.310 e. The molecule has 12 rings (SSSR count). The number of aryl methyl sites for hydroxylation is 3. The molecule has 1 aromatic heterocycles. The first-order chi connectivity index (χ1) is 35.4. The third kappa shape index (κ3) is 9.59. The van der Waals surface area contributed by atoms with E-state index in [9.17, 15) is 0 Å². The molecule has 346 valence electrons. The van der Waals surface area contributed by atoms with Gasteiger partial charge >= 0.3 is 0 Å². The molecule has 0 unspecified atom stereocenters. The topological polar surface area (TPSA) is 6.48 Å². The average Bonchev–Trinajstić information content (AvgIpc) is 3.82. The minimum absolute atomic E-state index is 1.06. The van der Waals surface area contributed by atoms with Crippen molar-refractivity contribution in [2.24, 2.45) is 0 Å². The molecule has 0 aliphatic carbocycles. The number of thiophene rings is 1. The number of rotatable bonds is 10. The maximum atomic E-state index is 2.39. The first kappa shape index (κ1) is 45.7. The summed E-state index contributed by atoms with van der Waals surface area (Å²) in [6.45, 7) is 6.60. The van der Waals surface area contributed by atoms with E-state index in [1.807, 2.05) is 29.5 Å². The molecule has 0 saturated heterocycles. The Kier molecular flexibility index (Phi) is 13.1. The molecule has 2 nitrogen and oxygen atoms in total. The lowest BCUT2D eigenvalue weighted by atomic mass is 9.92. The number of nitrogens with zero attached hydrogens (tertiary/aromatic N) is 2. The van der Waals surface area contributed by atoms with Gasteiger partial charge in [-0.1, -0.05) is 206 Å². The molecule has 0 saturated carbocycles. The molecule has 0 atom stereocenters. The van der Waals surface area contributed by atoms with Gasteiger partial charge in [-0.05, 0) is 144 Å². The maximum Gasteiger partial charge on any atom is 0.0488 e. The van der Waals surface area contributed by atoms with E-state index in [2.05, 4.69) is 285 Å². The summed E-state index contributed by atoms with van der Waals surface area (Å²) in [7, 11) is 0. The van der Waals surface area contributed by atoms with Crippen LogP contribution in [0.1, 0.15) is 16.7 Å². The smallest absolute Gasteiger partial charge is 0.0488 e. The van der Waals surface area contributed by atoms with Crippen LogP contribution in [0.3, 0.4) is 0 Å². The summed E-state index contributed by atoms with van der Waals surface area (Å²) in [6, 6.07) is 98.3. The molecule has 3 heteroatoms. The Bertz CT molecular complexity index is 3590. The standard InChI is InChI=1S/C62H46N2S.C7H8/c1-43-27-37-59-58-25-15-16-26-60(58)65-62(59)61(43)57-38-32-49(39-44(57)2)50-40-55(63(51-21-11-5-12-22-51)53-33-28-47(29-34-53)45-17-7-3-8-18-45)42-56(41-50)64(52-23-13-6-14-24-52)54-35-30-48(31-36-54)46-19-9-4-10-20-46;1-7-5-3-2-4-6-7/h3-42H,1-2H3;2-6H,1H3. The SMILES string of the molecule is Cc1cc(-c2cc(N(c3ccccc3)c3ccc(-c4ccccc4)cc3)cc(N(c3ccccc3)c3ccc(-c4ccccc4)cc3)c2)ccc1-c1c(C)ccc2c1sc1ccccc12.Cc1ccccc1. The molecule has 11 aromatic carbocycles. The Hall–Kier alpha value is -8.76. The number of fused-ring (bicyclic) bond motifs is 3. The van der Waals surface area contributed by atoms with Crippen molar-refractivity contribution >= 4 is 65.6 Å². The third-order valence-corrected chi connectivity index (χ3v) is 14.6. The van der Waals surface area contributed by atoms with Crippen LogP contribution in [0.5, 0.6) is 0 Å². The summed E-state index contributed by atoms with van der Waals surface area (Å²) in [4.78, 5) is 4.77. The van der Waals surface area contributed by atoms with Crippen molar-refractivity contribution in [3.63, 3.8) is 0 Å². The Morgan fingerprint density at radius 2 is 0.708 bits per heavy atom. The Morgan fingerprint density at radius 1 is 0.278 bits per heavy atom. The van der Waals surface area contributed by atoms with E-state index in [-0.39, 0.29) is 0 Å². The van der Waals surface area contributed by atoms with E-state index in [0.29, 0.717) is 0 Å². The molecule has 0 N–H and O–H groups in total. The lowest BCUT2D eigenvalue weighted by Crippen LogP contribution is -2.13. The van der Waals surface area contributed by atoms with E-state index in [4.69, 9.17) is 0 Å². The number of hydrogen-bond acceptors (Lipinski definition) is 3. The summed E-state index contributed by atoms with van der Waals surface area (Å²) in [5, 5.41) is 2.64. The Balaban J connectivity index is 0.000000740. The molecule has 0 radical (unpaired) electrons. The van der Waals surface area contributed by atoms with Crippen LogP contribution >= 0.6 is 11.3 Å². The predicted molar refractivity (Wildman–Crippen MR) is 311 cm³/mol. The minimum Gasteiger partial charge on any atom is -0.310 e. The molecule has 1 heterocycles. The van der Waals surface area contributed by atoms with Crippen LogP contribution in [0.2, 0.25) is 0 Å². The Labute approximate surface area is 428 Å². The molecule has 0 fully saturated rings. The van der Waals surface area contributed by atoms with Crippen molar-refractivity contribution in [3.05, 3.63) is 290 Å². The van der Waals surface area contributed by atoms with Crippen LogP contribution in [-0.2, 0) is 0 Å². The van der Waals surface area contributed by atoms with E-state index in [1.165, 1.54) is 70.2 Å². The van der Waals surface area contributed by atoms with Crippen molar-refractivity contribution in [2.45, 2.75) is 20.8 Å². The van der Waals surface area contributed by atoms with Gasteiger partial charge in [-0.25, -0.2) is 0 Å². The highest BCUT2D eigenvalue weighted by Crippen LogP contribution is 2.46. The second-order valence-corrected chi connectivity index (χ2v) is 19.4. The van der Waals surface area contributed by atoms with Gasteiger partial charge in [-0.2, -0.15) is 0 Å². The Morgan fingerprint density at radius 3 is 1.19 bits per heavy atom. The third-order valence-electron chi connectivity index (χ3n) is 13.4. The monoisotopic (exact) mass is 942 g/mol. The highest BCUT2D eigenvalue weighted by Gasteiger charge is 2.21. The van der Waals surface area contributed by atoms with E-state index < -0.39 is 0 Å². The average molecular weight is 943 g/mol. The predicted octanol–water partition coefficient (Wildman–Crippen LogP) is 20.3. The lowest BCUT2D eigenvalue weighted by Gasteiger charge is -2.30. The zero-order valence-electron chi connectivity index (χ0n) is 40.8. The highest BCUT2D eigenvalue weighted by atomic mass is 32.1. The number of hydrogen-bond donors (Lipinski definition) is 0. The molecule has 72 heavy (non-hydrogen) atoms. The van der Waals surface area contributed by atoms with Gasteiger partial charge < -0.3 is 9.80 Å². The van der Waals surface area contributed by atoms with Crippen LogP contribution in [0, 0.1) is 20.8 Å². The molecule has 0 bridgehead atoms.